The Balaban J connectivity index is 1.40. The first-order valence-electron chi connectivity index (χ1n) is 10.1. The van der Waals surface area contributed by atoms with Crippen LogP contribution in [0, 0.1) is 0 Å². The van der Waals surface area contributed by atoms with Crippen molar-refractivity contribution < 1.29 is 0 Å². The van der Waals surface area contributed by atoms with E-state index in [1.54, 1.807) is 12.4 Å². The van der Waals surface area contributed by atoms with Gasteiger partial charge in [0.15, 0.2) is 5.65 Å². The Hall–Kier alpha value is -3.23. The van der Waals surface area contributed by atoms with E-state index >= 15 is 0 Å². The minimum absolute atomic E-state index is 0.0185. The van der Waals surface area contributed by atoms with Crippen molar-refractivity contribution in [2.75, 3.05) is 36.0 Å². The molecule has 4 heterocycles. The summed E-state index contributed by atoms with van der Waals surface area (Å²) in [5, 5.41) is 0.368. The van der Waals surface area contributed by atoms with E-state index in [1.807, 2.05) is 18.2 Å². The van der Waals surface area contributed by atoms with E-state index in [2.05, 4.69) is 29.7 Å². The van der Waals surface area contributed by atoms with Crippen molar-refractivity contribution >= 4 is 22.8 Å². The third kappa shape index (κ3) is 3.26. The molecular weight excluding hydrogens is 370 g/mol. The number of fused-ring (bicyclic) bond motifs is 1. The van der Waals surface area contributed by atoms with Crippen LogP contribution in [-0.4, -0.2) is 50.7 Å². The minimum Gasteiger partial charge on any atom is -0.353 e. The van der Waals surface area contributed by atoms with Crippen molar-refractivity contribution in [2.45, 2.75) is 31.7 Å². The van der Waals surface area contributed by atoms with Gasteiger partial charge in [0.2, 0.25) is 5.95 Å². The highest BCUT2D eigenvalue weighted by molar-refractivity contribution is 5.73. The number of aromatic amines is 1. The number of hydrogen-bond donors (Lipinski definition) is 1. The fourth-order valence-electron chi connectivity index (χ4n) is 4.33. The van der Waals surface area contributed by atoms with Gasteiger partial charge in [-0.3, -0.25) is 14.3 Å². The van der Waals surface area contributed by atoms with Crippen LogP contribution >= 0.6 is 0 Å². The SMILES string of the molecule is O=c1[nH]c2nc(N3CCN(c4ccccn4)CC3)ncc2c(=O)n1C1CCCC1. The number of nitrogens with one attached hydrogen (secondary N) is 1. The number of hydrogen-bond acceptors (Lipinski definition) is 7. The second-order valence-corrected chi connectivity index (χ2v) is 7.64. The van der Waals surface area contributed by atoms with Crippen LogP contribution in [0.4, 0.5) is 11.8 Å². The summed E-state index contributed by atoms with van der Waals surface area (Å²) in [6, 6.07) is 5.87. The molecule has 3 aromatic heterocycles. The van der Waals surface area contributed by atoms with Gasteiger partial charge in [-0.2, -0.15) is 4.98 Å². The summed E-state index contributed by atoms with van der Waals surface area (Å²) in [5.74, 6) is 1.50. The average molecular weight is 393 g/mol. The molecule has 1 aliphatic carbocycles. The first kappa shape index (κ1) is 17.8. The lowest BCUT2D eigenvalue weighted by molar-refractivity contribution is 0.482. The number of nitrogens with zero attached hydrogens (tertiary/aromatic N) is 6. The lowest BCUT2D eigenvalue weighted by Crippen LogP contribution is -2.47. The normalized spacial score (nSPS) is 17.9. The smallest absolute Gasteiger partial charge is 0.330 e. The van der Waals surface area contributed by atoms with Crippen molar-refractivity contribution in [3.05, 3.63) is 51.4 Å². The van der Waals surface area contributed by atoms with Crippen LogP contribution in [0.2, 0.25) is 0 Å². The molecule has 5 rings (SSSR count). The molecule has 1 aliphatic heterocycles. The van der Waals surface area contributed by atoms with E-state index < -0.39 is 0 Å². The van der Waals surface area contributed by atoms with Gasteiger partial charge in [0, 0.05) is 44.6 Å². The van der Waals surface area contributed by atoms with E-state index in [0.717, 1.165) is 57.7 Å². The largest absolute Gasteiger partial charge is 0.353 e. The Morgan fingerprint density at radius 2 is 1.72 bits per heavy atom. The molecule has 1 saturated carbocycles. The minimum atomic E-state index is -0.376. The standard InChI is InChI=1S/C20H23N7O2/c28-18-15-13-22-19(23-17(15)24-20(29)27(18)14-5-1-2-6-14)26-11-9-25(10-12-26)16-7-3-4-8-21-16/h3-4,7-8,13-14H,1-2,5-6,9-12H2,(H,22,23,24,29). The zero-order valence-electron chi connectivity index (χ0n) is 16.1. The fraction of sp³-hybridized carbons (Fsp3) is 0.450. The lowest BCUT2D eigenvalue weighted by Gasteiger charge is -2.35. The summed E-state index contributed by atoms with van der Waals surface area (Å²) in [6.07, 6.45) is 7.18. The van der Waals surface area contributed by atoms with Gasteiger partial charge >= 0.3 is 5.69 Å². The number of piperazine rings is 1. The van der Waals surface area contributed by atoms with Gasteiger partial charge < -0.3 is 9.80 Å². The van der Waals surface area contributed by atoms with E-state index in [1.165, 1.54) is 4.57 Å². The maximum absolute atomic E-state index is 12.9. The van der Waals surface area contributed by atoms with E-state index in [-0.39, 0.29) is 17.3 Å². The molecule has 0 unspecified atom stereocenters. The summed E-state index contributed by atoms with van der Waals surface area (Å²) in [5.41, 5.74) is -0.354. The monoisotopic (exact) mass is 393 g/mol. The number of rotatable bonds is 3. The average Bonchev–Trinajstić information content (AvgIpc) is 3.28. The molecule has 150 valence electrons. The summed E-state index contributed by atoms with van der Waals surface area (Å²) in [6.45, 7) is 3.09. The molecule has 1 saturated heterocycles. The summed E-state index contributed by atoms with van der Waals surface area (Å²) in [4.78, 5) is 45.8. The van der Waals surface area contributed by atoms with E-state index in [4.69, 9.17) is 0 Å². The second-order valence-electron chi connectivity index (χ2n) is 7.64. The predicted octanol–water partition coefficient (Wildman–Crippen LogP) is 1.32. The number of H-pyrrole nitrogens is 1. The van der Waals surface area contributed by atoms with Crippen LogP contribution in [0.3, 0.4) is 0 Å². The van der Waals surface area contributed by atoms with Crippen LogP contribution in [0.15, 0.2) is 40.2 Å². The zero-order valence-corrected chi connectivity index (χ0v) is 16.1. The molecule has 3 aromatic rings. The molecule has 0 atom stereocenters. The molecule has 1 N–H and O–H groups in total. The highest BCUT2D eigenvalue weighted by Crippen LogP contribution is 2.27. The van der Waals surface area contributed by atoms with Crippen LogP contribution in [0.5, 0.6) is 0 Å². The van der Waals surface area contributed by atoms with Gasteiger partial charge in [0.05, 0.1) is 0 Å². The van der Waals surface area contributed by atoms with Gasteiger partial charge in [-0.15, -0.1) is 0 Å². The van der Waals surface area contributed by atoms with Gasteiger partial charge in [0.25, 0.3) is 5.56 Å². The summed E-state index contributed by atoms with van der Waals surface area (Å²) in [7, 11) is 0. The molecule has 9 nitrogen and oxygen atoms in total. The fourth-order valence-corrected chi connectivity index (χ4v) is 4.33. The van der Waals surface area contributed by atoms with Crippen molar-refractivity contribution in [3.63, 3.8) is 0 Å². The molecular formula is C20H23N7O2. The van der Waals surface area contributed by atoms with Crippen molar-refractivity contribution in [1.29, 1.82) is 0 Å². The van der Waals surface area contributed by atoms with Crippen LogP contribution < -0.4 is 21.0 Å². The predicted molar refractivity (Wildman–Crippen MR) is 111 cm³/mol. The molecule has 0 bridgehead atoms. The van der Waals surface area contributed by atoms with Crippen molar-refractivity contribution in [1.82, 2.24) is 24.5 Å². The van der Waals surface area contributed by atoms with Crippen molar-refractivity contribution in [2.24, 2.45) is 0 Å². The maximum Gasteiger partial charge on any atom is 0.330 e. The van der Waals surface area contributed by atoms with E-state index in [0.29, 0.717) is 17.0 Å². The van der Waals surface area contributed by atoms with Crippen LogP contribution in [0.25, 0.3) is 11.0 Å². The summed E-state index contributed by atoms with van der Waals surface area (Å²) >= 11 is 0. The molecule has 0 spiro atoms. The number of pyridine rings is 1. The third-order valence-corrected chi connectivity index (χ3v) is 5.90. The molecule has 9 heteroatoms. The first-order chi connectivity index (χ1) is 14.2. The van der Waals surface area contributed by atoms with Crippen LogP contribution in [0.1, 0.15) is 31.7 Å². The van der Waals surface area contributed by atoms with Gasteiger partial charge in [-0.05, 0) is 25.0 Å². The molecule has 0 amide bonds. The molecule has 2 aliphatic rings. The molecule has 0 radical (unpaired) electrons. The van der Waals surface area contributed by atoms with Crippen LogP contribution in [-0.2, 0) is 0 Å². The quantitative estimate of drug-likeness (QED) is 0.716. The Morgan fingerprint density at radius 3 is 2.45 bits per heavy atom. The lowest BCUT2D eigenvalue weighted by atomic mass is 10.2. The Morgan fingerprint density at radius 1 is 0.966 bits per heavy atom. The highest BCUT2D eigenvalue weighted by atomic mass is 16.2. The summed E-state index contributed by atoms with van der Waals surface area (Å²) < 4.78 is 1.35. The molecule has 29 heavy (non-hydrogen) atoms. The topological polar surface area (TPSA) is 100 Å². The highest BCUT2D eigenvalue weighted by Gasteiger charge is 2.23. The van der Waals surface area contributed by atoms with Gasteiger partial charge in [0.1, 0.15) is 11.2 Å². The number of aromatic nitrogens is 5. The van der Waals surface area contributed by atoms with E-state index in [9.17, 15) is 9.59 Å². The van der Waals surface area contributed by atoms with Gasteiger partial charge in [-0.25, -0.2) is 14.8 Å². The zero-order chi connectivity index (χ0) is 19.8. The first-order valence-corrected chi connectivity index (χ1v) is 10.1. The van der Waals surface area contributed by atoms with Gasteiger partial charge in [-0.1, -0.05) is 18.9 Å². The molecule has 0 aromatic carbocycles. The van der Waals surface area contributed by atoms with Crippen molar-refractivity contribution in [3.8, 4) is 0 Å². The Bertz CT molecular complexity index is 1130. The number of anilines is 2. The Kier molecular flexibility index (Phi) is 4.49. The third-order valence-electron chi connectivity index (χ3n) is 5.90. The Labute approximate surface area is 167 Å². The second kappa shape index (κ2) is 7.31. The molecule has 2 fully saturated rings. The maximum atomic E-state index is 12.9.